The molecule has 1 aliphatic heterocycles. The fourth-order valence-corrected chi connectivity index (χ4v) is 4.90. The van der Waals surface area contributed by atoms with Gasteiger partial charge in [0.25, 0.3) is 5.91 Å². The molecule has 0 saturated heterocycles. The second kappa shape index (κ2) is 13.0. The van der Waals surface area contributed by atoms with Crippen LogP contribution in [0.5, 0.6) is 0 Å². The molecule has 34 heavy (non-hydrogen) atoms. The lowest BCUT2D eigenvalue weighted by molar-refractivity contribution is -0.116. The Balaban J connectivity index is 1.88. The van der Waals surface area contributed by atoms with Gasteiger partial charge in [0.2, 0.25) is 5.91 Å². The summed E-state index contributed by atoms with van der Waals surface area (Å²) >= 11 is 1.31. The molecule has 2 aromatic rings. The van der Waals surface area contributed by atoms with Crippen LogP contribution in [-0.2, 0) is 17.9 Å². The van der Waals surface area contributed by atoms with E-state index in [4.69, 9.17) is 0 Å². The summed E-state index contributed by atoms with van der Waals surface area (Å²) < 4.78 is 3.94. The Morgan fingerprint density at radius 3 is 2.53 bits per heavy atom. The van der Waals surface area contributed by atoms with Crippen LogP contribution in [0.2, 0.25) is 0 Å². The van der Waals surface area contributed by atoms with Crippen molar-refractivity contribution in [2.45, 2.75) is 79.3 Å². The van der Waals surface area contributed by atoms with Crippen molar-refractivity contribution >= 4 is 29.0 Å². The van der Waals surface area contributed by atoms with E-state index in [-0.39, 0.29) is 11.8 Å². The summed E-state index contributed by atoms with van der Waals surface area (Å²) in [7, 11) is 0. The second-order valence-electron chi connectivity index (χ2n) is 9.70. The zero-order valence-electron chi connectivity index (χ0n) is 21.1. The Bertz CT molecular complexity index is 958. The summed E-state index contributed by atoms with van der Waals surface area (Å²) in [5, 5.41) is 7.01. The van der Waals surface area contributed by atoms with E-state index >= 15 is 0 Å². The first-order chi connectivity index (χ1) is 16.3. The average Bonchev–Trinajstić information content (AvgIpc) is 3.21. The first-order valence-electron chi connectivity index (χ1n) is 12.5. The number of hydrogen-bond donors (Lipinski definition) is 1. The maximum atomic E-state index is 13.0. The van der Waals surface area contributed by atoms with Crippen molar-refractivity contribution in [1.29, 1.82) is 0 Å². The number of nitrogens with zero attached hydrogens (tertiary/aromatic N) is 4. The molecule has 0 fully saturated rings. The quantitative estimate of drug-likeness (QED) is 0.627. The number of anilines is 1. The first kappa shape index (κ1) is 26.3. The highest BCUT2D eigenvalue weighted by atomic mass is 32.1. The van der Waals surface area contributed by atoms with Crippen LogP contribution >= 0.6 is 11.5 Å². The highest BCUT2D eigenvalue weighted by molar-refractivity contribution is 7.05. The largest absolute Gasteiger partial charge is 0.347 e. The normalized spacial score (nSPS) is 16.0. The molecule has 0 bridgehead atoms. The van der Waals surface area contributed by atoms with Gasteiger partial charge in [-0.1, -0.05) is 37.6 Å². The van der Waals surface area contributed by atoms with Crippen LogP contribution in [0.4, 0.5) is 5.69 Å². The van der Waals surface area contributed by atoms with E-state index in [9.17, 15) is 9.59 Å². The Labute approximate surface area is 208 Å². The van der Waals surface area contributed by atoms with Crippen molar-refractivity contribution in [2.75, 3.05) is 24.5 Å². The summed E-state index contributed by atoms with van der Waals surface area (Å²) in [6.45, 7) is 12.0. The van der Waals surface area contributed by atoms with Crippen molar-refractivity contribution in [1.82, 2.24) is 19.8 Å². The van der Waals surface area contributed by atoms with Gasteiger partial charge >= 0.3 is 0 Å². The zero-order valence-corrected chi connectivity index (χ0v) is 21.9. The molecule has 0 unspecified atom stereocenters. The van der Waals surface area contributed by atoms with Gasteiger partial charge in [-0.05, 0) is 80.5 Å². The van der Waals surface area contributed by atoms with Crippen molar-refractivity contribution in [2.24, 2.45) is 5.92 Å². The van der Waals surface area contributed by atoms with Crippen LogP contribution < -0.4 is 10.2 Å². The number of amides is 2. The predicted octanol–water partition coefficient (Wildman–Crippen LogP) is 4.94. The second-order valence-corrected chi connectivity index (χ2v) is 10.5. The van der Waals surface area contributed by atoms with E-state index in [2.05, 4.69) is 33.7 Å². The first-order valence-corrected chi connectivity index (χ1v) is 13.3. The van der Waals surface area contributed by atoms with Gasteiger partial charge < -0.3 is 10.2 Å². The molecule has 1 aromatic carbocycles. The van der Waals surface area contributed by atoms with Crippen LogP contribution in [0.3, 0.4) is 0 Å². The molecular formula is C26H39N5O2S. The zero-order chi connectivity index (χ0) is 24.5. The van der Waals surface area contributed by atoms with E-state index in [0.717, 1.165) is 67.3 Å². The van der Waals surface area contributed by atoms with Gasteiger partial charge in [-0.2, -0.15) is 0 Å². The molecule has 1 aliphatic rings. The molecule has 2 heterocycles. The Morgan fingerprint density at radius 2 is 1.85 bits per heavy atom. The molecule has 0 atom stereocenters. The fourth-order valence-electron chi connectivity index (χ4n) is 4.33. The molecule has 0 saturated carbocycles. The SMILES string of the molecule is CC(=O)N1CCCCCCCN(CCC(C)C)Cc2cc(C(=O)NCc3snnc3C)ccc21. The van der Waals surface area contributed by atoms with Crippen LogP contribution in [0.15, 0.2) is 18.2 Å². The molecule has 0 spiro atoms. The lowest BCUT2D eigenvalue weighted by Crippen LogP contribution is -2.33. The Morgan fingerprint density at radius 1 is 1.12 bits per heavy atom. The molecule has 0 aliphatic carbocycles. The van der Waals surface area contributed by atoms with E-state index in [0.29, 0.717) is 18.0 Å². The smallest absolute Gasteiger partial charge is 0.251 e. The van der Waals surface area contributed by atoms with Gasteiger partial charge in [0.1, 0.15) is 0 Å². The molecule has 7 nitrogen and oxygen atoms in total. The summed E-state index contributed by atoms with van der Waals surface area (Å²) in [6.07, 6.45) is 6.89. The van der Waals surface area contributed by atoms with Crippen molar-refractivity contribution in [3.05, 3.63) is 39.9 Å². The van der Waals surface area contributed by atoms with Crippen LogP contribution in [0.1, 0.15) is 85.8 Å². The molecular weight excluding hydrogens is 446 g/mol. The predicted molar refractivity (Wildman–Crippen MR) is 138 cm³/mol. The van der Waals surface area contributed by atoms with E-state index in [1.807, 2.05) is 30.0 Å². The van der Waals surface area contributed by atoms with E-state index in [1.54, 1.807) is 6.92 Å². The topological polar surface area (TPSA) is 78.4 Å². The number of aryl methyl sites for hydroxylation is 1. The highest BCUT2D eigenvalue weighted by Crippen LogP contribution is 2.26. The third-order valence-corrected chi connectivity index (χ3v) is 7.26. The molecule has 0 radical (unpaired) electrons. The summed E-state index contributed by atoms with van der Waals surface area (Å²) in [6, 6.07) is 5.77. The van der Waals surface area contributed by atoms with Crippen molar-refractivity contribution < 1.29 is 9.59 Å². The molecule has 3 rings (SSSR count). The Hall–Kier alpha value is -2.32. The van der Waals surface area contributed by atoms with Crippen LogP contribution in [-0.4, -0.2) is 45.9 Å². The number of nitrogens with one attached hydrogen (secondary N) is 1. The van der Waals surface area contributed by atoms with Gasteiger partial charge in [0, 0.05) is 31.3 Å². The average molecular weight is 486 g/mol. The highest BCUT2D eigenvalue weighted by Gasteiger charge is 2.20. The number of carbonyl (C=O) groups is 2. The number of benzene rings is 1. The minimum atomic E-state index is -0.121. The number of rotatable bonds is 6. The van der Waals surface area contributed by atoms with Crippen LogP contribution in [0.25, 0.3) is 0 Å². The monoisotopic (exact) mass is 485 g/mol. The fraction of sp³-hybridized carbons (Fsp3) is 0.615. The molecule has 2 amide bonds. The third-order valence-electron chi connectivity index (χ3n) is 6.44. The number of fused-ring (bicyclic) bond motifs is 1. The minimum absolute atomic E-state index is 0.0532. The molecule has 186 valence electrons. The number of carbonyl (C=O) groups excluding carboxylic acids is 2. The lowest BCUT2D eigenvalue weighted by Gasteiger charge is -2.29. The van der Waals surface area contributed by atoms with Gasteiger partial charge in [0.05, 0.1) is 17.1 Å². The molecule has 8 heteroatoms. The summed E-state index contributed by atoms with van der Waals surface area (Å²) in [5.41, 5.74) is 3.44. The summed E-state index contributed by atoms with van der Waals surface area (Å²) in [5.74, 6) is 0.568. The van der Waals surface area contributed by atoms with E-state index in [1.165, 1.54) is 30.8 Å². The third kappa shape index (κ3) is 7.60. The maximum absolute atomic E-state index is 13.0. The standard InChI is InChI=1S/C26H39N5O2S/c1-19(2)12-15-30-13-8-6-5-7-9-14-31(21(4)32)24-11-10-22(16-23(24)18-30)26(33)27-17-25-20(3)28-29-34-25/h10-11,16,19H,5-9,12-15,17-18H2,1-4H3,(H,27,33). The van der Waals surface area contributed by atoms with Crippen LogP contribution in [0, 0.1) is 12.8 Å². The van der Waals surface area contributed by atoms with E-state index < -0.39 is 0 Å². The summed E-state index contributed by atoms with van der Waals surface area (Å²) in [4.78, 5) is 30.9. The van der Waals surface area contributed by atoms with Crippen molar-refractivity contribution in [3.8, 4) is 0 Å². The molecule has 1 aromatic heterocycles. The number of hydrogen-bond acceptors (Lipinski definition) is 6. The van der Waals surface area contributed by atoms with Gasteiger partial charge in [-0.15, -0.1) is 5.10 Å². The number of aromatic nitrogens is 2. The lowest BCUT2D eigenvalue weighted by atomic mass is 10.0. The maximum Gasteiger partial charge on any atom is 0.251 e. The van der Waals surface area contributed by atoms with Gasteiger partial charge in [-0.3, -0.25) is 14.5 Å². The van der Waals surface area contributed by atoms with Gasteiger partial charge in [-0.25, -0.2) is 0 Å². The Kier molecular flexibility index (Phi) is 10.0. The minimum Gasteiger partial charge on any atom is -0.347 e. The molecule has 1 N–H and O–H groups in total. The van der Waals surface area contributed by atoms with Gasteiger partial charge in [0.15, 0.2) is 0 Å². The van der Waals surface area contributed by atoms with Crippen molar-refractivity contribution in [3.63, 3.8) is 0 Å².